The summed E-state index contributed by atoms with van der Waals surface area (Å²) in [7, 11) is 0. The van der Waals surface area contributed by atoms with Crippen LogP contribution in [0.1, 0.15) is 15.9 Å². The summed E-state index contributed by atoms with van der Waals surface area (Å²) < 4.78 is 0. The molecule has 4 nitrogen and oxygen atoms in total. The Morgan fingerprint density at radius 2 is 2.07 bits per heavy atom. The van der Waals surface area contributed by atoms with Crippen LogP contribution in [0.4, 0.5) is 0 Å². The number of carbonyl (C=O) groups is 3. The summed E-state index contributed by atoms with van der Waals surface area (Å²) in [5, 5.41) is 8.22. The number of hydrogen-bond donors (Lipinski definition) is 1. The first-order valence-electron chi connectivity index (χ1n) is 4.19. The molecule has 0 radical (unpaired) electrons. The summed E-state index contributed by atoms with van der Waals surface area (Å²) >= 11 is 0.800. The van der Waals surface area contributed by atoms with E-state index in [0.29, 0.717) is 4.90 Å². The molecule has 1 aliphatic rings. The number of carbonyl (C=O) groups excluding carboxylic acids is 2. The van der Waals surface area contributed by atoms with Gasteiger partial charge in [-0.1, -0.05) is 6.07 Å². The number of thioether (sulfide) groups is 1. The SMILES string of the molecule is O=C1Cc2ccc(C(=O)O)cc2SC1=O. The summed E-state index contributed by atoms with van der Waals surface area (Å²) in [6.07, 6.45) is 0.0705. The van der Waals surface area contributed by atoms with Gasteiger partial charge in [0.1, 0.15) is 0 Å². The van der Waals surface area contributed by atoms with Crippen molar-refractivity contribution in [3.05, 3.63) is 29.3 Å². The molecule has 1 N–H and O–H groups in total. The fourth-order valence-corrected chi connectivity index (χ4v) is 2.17. The van der Waals surface area contributed by atoms with E-state index in [-0.39, 0.29) is 12.0 Å². The summed E-state index contributed by atoms with van der Waals surface area (Å²) in [6, 6.07) is 4.44. The van der Waals surface area contributed by atoms with Crippen molar-refractivity contribution in [2.24, 2.45) is 0 Å². The van der Waals surface area contributed by atoms with Crippen molar-refractivity contribution in [2.75, 3.05) is 0 Å². The largest absolute Gasteiger partial charge is 0.478 e. The Kier molecular flexibility index (Phi) is 2.32. The molecule has 0 spiro atoms. The van der Waals surface area contributed by atoms with E-state index in [4.69, 9.17) is 5.11 Å². The maximum Gasteiger partial charge on any atom is 0.335 e. The van der Waals surface area contributed by atoms with Crippen LogP contribution in [0, 0.1) is 0 Å². The van der Waals surface area contributed by atoms with Crippen molar-refractivity contribution in [3.63, 3.8) is 0 Å². The van der Waals surface area contributed by atoms with Crippen LogP contribution in [0.5, 0.6) is 0 Å². The summed E-state index contributed by atoms with van der Waals surface area (Å²) in [5.74, 6) is -1.47. The lowest BCUT2D eigenvalue weighted by molar-refractivity contribution is -0.131. The molecule has 0 atom stereocenters. The van der Waals surface area contributed by atoms with Gasteiger partial charge in [0.2, 0.25) is 5.78 Å². The third-order valence-electron chi connectivity index (χ3n) is 2.10. The second-order valence-corrected chi connectivity index (χ2v) is 4.13. The Labute approximate surface area is 89.3 Å². The molecule has 0 unspecified atom stereocenters. The van der Waals surface area contributed by atoms with E-state index >= 15 is 0 Å². The minimum absolute atomic E-state index is 0.0705. The second-order valence-electron chi connectivity index (χ2n) is 3.12. The van der Waals surface area contributed by atoms with Gasteiger partial charge in [0.25, 0.3) is 5.12 Å². The van der Waals surface area contributed by atoms with Crippen LogP contribution >= 0.6 is 11.8 Å². The number of carboxylic acids is 1. The number of rotatable bonds is 1. The minimum Gasteiger partial charge on any atom is -0.478 e. The van der Waals surface area contributed by atoms with Gasteiger partial charge in [-0.3, -0.25) is 9.59 Å². The van der Waals surface area contributed by atoms with Crippen molar-refractivity contribution in [1.29, 1.82) is 0 Å². The van der Waals surface area contributed by atoms with Crippen LogP contribution in [0.2, 0.25) is 0 Å². The Bertz CT molecular complexity index is 478. The first-order chi connectivity index (χ1) is 7.08. The molecular weight excluding hydrogens is 216 g/mol. The van der Waals surface area contributed by atoms with Crippen molar-refractivity contribution >= 4 is 28.6 Å². The molecule has 0 saturated carbocycles. The van der Waals surface area contributed by atoms with E-state index in [1.54, 1.807) is 6.07 Å². The van der Waals surface area contributed by atoms with Crippen molar-refractivity contribution in [1.82, 2.24) is 0 Å². The van der Waals surface area contributed by atoms with Crippen molar-refractivity contribution < 1.29 is 19.5 Å². The number of benzene rings is 1. The second kappa shape index (κ2) is 3.51. The van der Waals surface area contributed by atoms with Crippen LogP contribution in [0.15, 0.2) is 23.1 Å². The zero-order valence-corrected chi connectivity index (χ0v) is 8.34. The third kappa shape index (κ3) is 1.78. The van der Waals surface area contributed by atoms with Crippen LogP contribution in [-0.4, -0.2) is 22.0 Å². The van der Waals surface area contributed by atoms with Crippen LogP contribution < -0.4 is 0 Å². The van der Waals surface area contributed by atoms with Gasteiger partial charge >= 0.3 is 5.97 Å². The monoisotopic (exact) mass is 222 g/mol. The third-order valence-corrected chi connectivity index (χ3v) is 3.11. The molecule has 1 heterocycles. The fraction of sp³-hybridized carbons (Fsp3) is 0.100. The van der Waals surface area contributed by atoms with E-state index in [1.807, 2.05) is 0 Å². The highest BCUT2D eigenvalue weighted by atomic mass is 32.2. The normalized spacial score (nSPS) is 14.9. The van der Waals surface area contributed by atoms with Gasteiger partial charge < -0.3 is 5.11 Å². The van der Waals surface area contributed by atoms with E-state index in [9.17, 15) is 14.4 Å². The zero-order valence-electron chi connectivity index (χ0n) is 7.52. The van der Waals surface area contributed by atoms with E-state index in [1.165, 1.54) is 12.1 Å². The van der Waals surface area contributed by atoms with E-state index < -0.39 is 16.9 Å². The Morgan fingerprint density at radius 3 is 2.73 bits per heavy atom. The zero-order chi connectivity index (χ0) is 11.0. The maximum atomic E-state index is 11.1. The van der Waals surface area contributed by atoms with Gasteiger partial charge in [-0.15, -0.1) is 0 Å². The molecule has 0 aliphatic carbocycles. The van der Waals surface area contributed by atoms with Gasteiger partial charge in [-0.2, -0.15) is 0 Å². The molecule has 5 heteroatoms. The highest BCUT2D eigenvalue weighted by Gasteiger charge is 2.25. The lowest BCUT2D eigenvalue weighted by Crippen LogP contribution is -2.18. The summed E-state index contributed by atoms with van der Waals surface area (Å²) in [5.41, 5.74) is 0.845. The van der Waals surface area contributed by atoms with Gasteiger partial charge in [0.15, 0.2) is 0 Å². The Hall–Kier alpha value is -1.62. The smallest absolute Gasteiger partial charge is 0.335 e. The quantitative estimate of drug-likeness (QED) is 0.721. The van der Waals surface area contributed by atoms with Gasteiger partial charge in [0.05, 0.1) is 5.56 Å². The highest BCUT2D eigenvalue weighted by Crippen LogP contribution is 2.30. The average molecular weight is 222 g/mol. The molecule has 1 aromatic carbocycles. The summed E-state index contributed by atoms with van der Waals surface area (Å²) in [4.78, 5) is 33.4. The molecule has 15 heavy (non-hydrogen) atoms. The number of carboxylic acid groups (broad SMARTS) is 1. The van der Waals surface area contributed by atoms with Crippen molar-refractivity contribution in [2.45, 2.75) is 11.3 Å². The lowest BCUT2D eigenvalue weighted by atomic mass is 10.1. The maximum absolute atomic E-state index is 11.1. The Morgan fingerprint density at radius 1 is 1.33 bits per heavy atom. The number of ketones is 1. The molecule has 1 aliphatic heterocycles. The van der Waals surface area contributed by atoms with Crippen LogP contribution in [0.3, 0.4) is 0 Å². The molecular formula is C10H6O4S. The van der Waals surface area contributed by atoms with E-state index in [2.05, 4.69) is 0 Å². The predicted octanol–water partition coefficient (Wildman–Crippen LogP) is 1.13. The topological polar surface area (TPSA) is 71.4 Å². The molecule has 0 fully saturated rings. The highest BCUT2D eigenvalue weighted by molar-refractivity contribution is 8.15. The molecule has 0 bridgehead atoms. The predicted molar refractivity (Wildman–Crippen MR) is 53.0 cm³/mol. The lowest BCUT2D eigenvalue weighted by Gasteiger charge is -2.12. The number of Topliss-reactive ketones (excluding diaryl/α,β-unsaturated/α-hetero) is 1. The van der Waals surface area contributed by atoms with Crippen molar-refractivity contribution in [3.8, 4) is 0 Å². The molecule has 2 rings (SSSR count). The van der Waals surface area contributed by atoms with E-state index in [0.717, 1.165) is 17.3 Å². The summed E-state index contributed by atoms with van der Waals surface area (Å²) in [6.45, 7) is 0. The van der Waals surface area contributed by atoms with Gasteiger partial charge in [-0.25, -0.2) is 4.79 Å². The number of fused-ring (bicyclic) bond motifs is 1. The van der Waals surface area contributed by atoms with Crippen LogP contribution in [-0.2, 0) is 16.0 Å². The first-order valence-corrected chi connectivity index (χ1v) is 5.01. The first kappa shape index (κ1) is 9.92. The number of aromatic carboxylic acids is 1. The molecule has 76 valence electrons. The molecule has 0 saturated heterocycles. The Balaban J connectivity index is 2.46. The average Bonchev–Trinajstić information content (AvgIpc) is 2.19. The number of hydrogen-bond acceptors (Lipinski definition) is 4. The van der Waals surface area contributed by atoms with Gasteiger partial charge in [0, 0.05) is 11.3 Å². The fourth-order valence-electron chi connectivity index (χ4n) is 1.33. The standard InChI is InChI=1S/C10H6O4S/c11-7-3-5-1-2-6(9(12)13)4-8(5)15-10(7)14/h1-2,4H,3H2,(H,12,13). The van der Waals surface area contributed by atoms with Crippen LogP contribution in [0.25, 0.3) is 0 Å². The molecule has 0 aromatic heterocycles. The minimum atomic E-state index is -1.04. The van der Waals surface area contributed by atoms with Gasteiger partial charge in [-0.05, 0) is 29.5 Å². The molecule has 1 aromatic rings. The molecule has 0 amide bonds.